The minimum Gasteiger partial charge on any atom is -0.383 e. The highest BCUT2D eigenvalue weighted by atomic mass is 15.2. The number of nitrogens with one attached hydrogen (secondary N) is 1. The number of nitrogens with two attached hydrogens (primary N) is 1. The summed E-state index contributed by atoms with van der Waals surface area (Å²) < 4.78 is 2.09. The van der Waals surface area contributed by atoms with Gasteiger partial charge in [0.25, 0.3) is 0 Å². The van der Waals surface area contributed by atoms with Gasteiger partial charge in [0.05, 0.1) is 22.8 Å². The van der Waals surface area contributed by atoms with Crippen LogP contribution in [-0.2, 0) is 0 Å². The number of benzene rings is 2. The first kappa shape index (κ1) is 11.7. The third-order valence-corrected chi connectivity index (χ3v) is 3.48. The second kappa shape index (κ2) is 4.49. The molecule has 0 saturated heterocycles. The molecule has 2 aromatic carbocycles. The van der Waals surface area contributed by atoms with E-state index in [0.29, 0.717) is 5.82 Å². The van der Waals surface area contributed by atoms with Crippen molar-refractivity contribution in [2.45, 2.75) is 0 Å². The van der Waals surface area contributed by atoms with E-state index in [1.165, 1.54) is 0 Å². The lowest BCUT2D eigenvalue weighted by molar-refractivity contribution is 1.10. The molecule has 0 fully saturated rings. The predicted molar refractivity (Wildman–Crippen MR) is 83.1 cm³/mol. The Morgan fingerprint density at radius 3 is 2.48 bits per heavy atom. The lowest BCUT2D eigenvalue weighted by Crippen LogP contribution is -1.98. The number of imidazole rings is 1. The smallest absolute Gasteiger partial charge is 0.151 e. The van der Waals surface area contributed by atoms with Crippen molar-refractivity contribution >= 4 is 16.9 Å². The zero-order valence-electron chi connectivity index (χ0n) is 11.2. The number of aromatic nitrogens is 4. The van der Waals surface area contributed by atoms with Gasteiger partial charge in [0.15, 0.2) is 5.82 Å². The summed E-state index contributed by atoms with van der Waals surface area (Å²) in [4.78, 5) is 4.72. The Labute approximate surface area is 121 Å². The summed E-state index contributed by atoms with van der Waals surface area (Å²) in [6.07, 6.45) is 1.70. The number of nitrogens with zero attached hydrogens (tertiary/aromatic N) is 3. The minimum absolute atomic E-state index is 0.516. The minimum atomic E-state index is 0.516. The van der Waals surface area contributed by atoms with Crippen molar-refractivity contribution in [1.29, 1.82) is 0 Å². The van der Waals surface area contributed by atoms with Crippen LogP contribution in [0.4, 0.5) is 5.82 Å². The van der Waals surface area contributed by atoms with Crippen LogP contribution in [0.5, 0.6) is 0 Å². The van der Waals surface area contributed by atoms with Gasteiger partial charge in [0.2, 0.25) is 0 Å². The Bertz CT molecular complexity index is 905. The number of H-pyrrole nitrogens is 1. The fourth-order valence-electron chi connectivity index (χ4n) is 2.52. The molecule has 4 rings (SSSR count). The molecular formula is C16H13N5. The van der Waals surface area contributed by atoms with E-state index < -0.39 is 0 Å². The molecule has 2 heterocycles. The molecule has 102 valence electrons. The highest BCUT2D eigenvalue weighted by Gasteiger charge is 2.16. The molecule has 5 nitrogen and oxygen atoms in total. The highest BCUT2D eigenvalue weighted by Crippen LogP contribution is 2.30. The summed E-state index contributed by atoms with van der Waals surface area (Å²) in [5.74, 6) is 1.30. The van der Waals surface area contributed by atoms with E-state index in [9.17, 15) is 0 Å². The van der Waals surface area contributed by atoms with Crippen LogP contribution in [-0.4, -0.2) is 19.7 Å². The van der Waals surface area contributed by atoms with Gasteiger partial charge >= 0.3 is 0 Å². The quantitative estimate of drug-likeness (QED) is 0.590. The third kappa shape index (κ3) is 1.79. The third-order valence-electron chi connectivity index (χ3n) is 3.48. The normalized spacial score (nSPS) is 11.0. The predicted octanol–water partition coefficient (Wildman–Crippen LogP) is 3.00. The topological polar surface area (TPSA) is 72.5 Å². The standard InChI is InChI=1S/C16H13N5/c17-15-12(10-18-20-15)16-19-13-8-4-5-9-14(13)21(16)11-6-2-1-3-7-11/h1-10H,(H3,17,18,20). The largest absolute Gasteiger partial charge is 0.383 e. The lowest BCUT2D eigenvalue weighted by atomic mass is 10.2. The van der Waals surface area contributed by atoms with Gasteiger partial charge in [-0.05, 0) is 24.3 Å². The molecule has 2 aromatic heterocycles. The monoisotopic (exact) mass is 275 g/mol. The van der Waals surface area contributed by atoms with Gasteiger partial charge in [0.1, 0.15) is 5.82 Å². The van der Waals surface area contributed by atoms with Crippen LogP contribution in [0.2, 0.25) is 0 Å². The number of rotatable bonds is 2. The Morgan fingerprint density at radius 2 is 1.71 bits per heavy atom. The van der Waals surface area contributed by atoms with Gasteiger partial charge in [-0.1, -0.05) is 30.3 Å². The summed E-state index contributed by atoms with van der Waals surface area (Å²) >= 11 is 0. The van der Waals surface area contributed by atoms with Gasteiger partial charge < -0.3 is 5.73 Å². The Hall–Kier alpha value is -3.08. The van der Waals surface area contributed by atoms with Crippen molar-refractivity contribution in [2.24, 2.45) is 0 Å². The fourth-order valence-corrected chi connectivity index (χ4v) is 2.52. The number of para-hydroxylation sites is 3. The zero-order valence-corrected chi connectivity index (χ0v) is 11.2. The number of fused-ring (bicyclic) bond motifs is 1. The van der Waals surface area contributed by atoms with E-state index in [2.05, 4.69) is 20.8 Å². The second-order valence-electron chi connectivity index (χ2n) is 4.79. The summed E-state index contributed by atoms with van der Waals surface area (Å²) in [5.41, 5.74) is 9.78. The molecule has 0 atom stereocenters. The maximum absolute atomic E-state index is 5.97. The Morgan fingerprint density at radius 1 is 0.952 bits per heavy atom. The zero-order chi connectivity index (χ0) is 14.2. The molecule has 0 saturated carbocycles. The van der Waals surface area contributed by atoms with Crippen LogP contribution in [0.25, 0.3) is 28.1 Å². The lowest BCUT2D eigenvalue weighted by Gasteiger charge is -2.08. The second-order valence-corrected chi connectivity index (χ2v) is 4.79. The van der Waals surface area contributed by atoms with Gasteiger partial charge in [0, 0.05) is 5.69 Å². The highest BCUT2D eigenvalue weighted by molar-refractivity contribution is 5.85. The van der Waals surface area contributed by atoms with Crippen LogP contribution in [0.15, 0.2) is 60.8 Å². The number of hydrogen-bond donors (Lipinski definition) is 2. The molecule has 3 N–H and O–H groups in total. The van der Waals surface area contributed by atoms with E-state index in [1.807, 2.05) is 48.5 Å². The maximum atomic E-state index is 5.97. The number of hydrogen-bond acceptors (Lipinski definition) is 3. The van der Waals surface area contributed by atoms with Crippen molar-refractivity contribution in [3.05, 3.63) is 60.8 Å². The average molecular weight is 275 g/mol. The molecule has 0 unspecified atom stereocenters. The molecule has 0 bridgehead atoms. The SMILES string of the molecule is Nc1[nH]ncc1-c1nc2ccccc2n1-c1ccccc1. The number of anilines is 1. The van der Waals surface area contributed by atoms with E-state index in [4.69, 9.17) is 10.7 Å². The Kier molecular flexibility index (Phi) is 2.50. The molecule has 0 aliphatic carbocycles. The van der Waals surface area contributed by atoms with Crippen LogP contribution in [0, 0.1) is 0 Å². The first-order valence-electron chi connectivity index (χ1n) is 6.67. The van der Waals surface area contributed by atoms with Crippen LogP contribution in [0.3, 0.4) is 0 Å². The van der Waals surface area contributed by atoms with Gasteiger partial charge in [-0.25, -0.2) is 4.98 Å². The molecule has 0 spiro atoms. The van der Waals surface area contributed by atoms with Crippen LogP contribution < -0.4 is 5.73 Å². The molecule has 0 aliphatic rings. The summed E-state index contributed by atoms with van der Waals surface area (Å²) in [6.45, 7) is 0. The average Bonchev–Trinajstić information content (AvgIpc) is 3.11. The molecule has 4 aromatic rings. The Balaban J connectivity index is 2.09. The summed E-state index contributed by atoms with van der Waals surface area (Å²) in [5, 5.41) is 6.76. The molecule has 5 heteroatoms. The van der Waals surface area contributed by atoms with E-state index in [0.717, 1.165) is 28.1 Å². The van der Waals surface area contributed by atoms with Crippen molar-refractivity contribution < 1.29 is 0 Å². The summed E-state index contributed by atoms with van der Waals surface area (Å²) in [7, 11) is 0. The van der Waals surface area contributed by atoms with Gasteiger partial charge in [-0.3, -0.25) is 9.67 Å². The molecule has 0 amide bonds. The first-order valence-corrected chi connectivity index (χ1v) is 6.67. The van der Waals surface area contributed by atoms with E-state index >= 15 is 0 Å². The van der Waals surface area contributed by atoms with E-state index in [-0.39, 0.29) is 0 Å². The molecule has 21 heavy (non-hydrogen) atoms. The molecule has 0 radical (unpaired) electrons. The van der Waals surface area contributed by atoms with E-state index in [1.54, 1.807) is 6.20 Å². The number of nitrogen functional groups attached to an aromatic ring is 1. The van der Waals surface area contributed by atoms with Gasteiger partial charge in [-0.2, -0.15) is 5.10 Å². The van der Waals surface area contributed by atoms with Crippen molar-refractivity contribution in [2.75, 3.05) is 5.73 Å². The van der Waals surface area contributed by atoms with Crippen molar-refractivity contribution in [1.82, 2.24) is 19.7 Å². The van der Waals surface area contributed by atoms with Crippen LogP contribution in [0.1, 0.15) is 0 Å². The van der Waals surface area contributed by atoms with Crippen LogP contribution >= 0.6 is 0 Å². The first-order chi connectivity index (χ1) is 10.3. The molecular weight excluding hydrogens is 262 g/mol. The van der Waals surface area contributed by atoms with Gasteiger partial charge in [-0.15, -0.1) is 0 Å². The number of aromatic amines is 1. The van der Waals surface area contributed by atoms with Crippen molar-refractivity contribution in [3.8, 4) is 17.1 Å². The fraction of sp³-hybridized carbons (Fsp3) is 0. The molecule has 0 aliphatic heterocycles. The summed E-state index contributed by atoms with van der Waals surface area (Å²) in [6, 6.07) is 18.1. The maximum Gasteiger partial charge on any atom is 0.151 e. The van der Waals surface area contributed by atoms with Crippen molar-refractivity contribution in [3.63, 3.8) is 0 Å².